The summed E-state index contributed by atoms with van der Waals surface area (Å²) in [6, 6.07) is 0. The molecule has 12 heavy (non-hydrogen) atoms. The molecule has 0 saturated heterocycles. The maximum absolute atomic E-state index is 11.0. The molecule has 0 aromatic heterocycles. The summed E-state index contributed by atoms with van der Waals surface area (Å²) in [5.74, 6) is -0.149. The van der Waals surface area contributed by atoms with Crippen LogP contribution in [0.2, 0.25) is 0 Å². The molecule has 0 spiro atoms. The zero-order chi connectivity index (χ0) is 9.56. The number of rotatable bonds is 5. The summed E-state index contributed by atoms with van der Waals surface area (Å²) in [5, 5.41) is 0. The van der Waals surface area contributed by atoms with Crippen molar-refractivity contribution in [2.45, 2.75) is 20.3 Å². The van der Waals surface area contributed by atoms with E-state index >= 15 is 0 Å². The number of methoxy groups -OCH3 is 1. The van der Waals surface area contributed by atoms with E-state index in [1.54, 1.807) is 0 Å². The van der Waals surface area contributed by atoms with Crippen LogP contribution in [0.5, 0.6) is 0 Å². The molecular weight excluding hydrogens is 154 g/mol. The lowest BCUT2D eigenvalue weighted by Crippen LogP contribution is -2.29. The van der Waals surface area contributed by atoms with Gasteiger partial charge in [-0.2, -0.15) is 0 Å². The quantitative estimate of drug-likeness (QED) is 0.584. The third-order valence-corrected chi connectivity index (χ3v) is 1.79. The fourth-order valence-corrected chi connectivity index (χ4v) is 1.22. The molecule has 0 aliphatic carbocycles. The minimum atomic E-state index is -0.127. The first-order chi connectivity index (χ1) is 5.61. The molecule has 3 heteroatoms. The maximum Gasteiger partial charge on any atom is 0.309 e. The van der Waals surface area contributed by atoms with Gasteiger partial charge in [0, 0.05) is 6.54 Å². The Balaban J connectivity index is 3.67. The van der Waals surface area contributed by atoms with Crippen molar-refractivity contribution in [3.63, 3.8) is 0 Å². The fourth-order valence-electron chi connectivity index (χ4n) is 1.22. The summed E-state index contributed by atoms with van der Waals surface area (Å²) in [5.41, 5.74) is 0. The van der Waals surface area contributed by atoms with Crippen LogP contribution < -0.4 is 0 Å². The number of ether oxygens (including phenoxy) is 1. The van der Waals surface area contributed by atoms with E-state index in [0.717, 1.165) is 19.5 Å². The smallest absolute Gasteiger partial charge is 0.309 e. The van der Waals surface area contributed by atoms with Gasteiger partial charge >= 0.3 is 5.97 Å². The van der Waals surface area contributed by atoms with Gasteiger partial charge in [-0.15, -0.1) is 0 Å². The van der Waals surface area contributed by atoms with Crippen LogP contribution in [0.4, 0.5) is 0 Å². The van der Waals surface area contributed by atoms with Gasteiger partial charge in [-0.1, -0.05) is 13.8 Å². The first kappa shape index (κ1) is 11.4. The summed E-state index contributed by atoms with van der Waals surface area (Å²) < 4.78 is 4.63. The summed E-state index contributed by atoms with van der Waals surface area (Å²) >= 11 is 0. The molecule has 0 aromatic rings. The molecule has 0 aromatic carbocycles. The highest BCUT2D eigenvalue weighted by Crippen LogP contribution is 2.00. The van der Waals surface area contributed by atoms with Crippen LogP contribution in [-0.4, -0.2) is 38.1 Å². The summed E-state index contributed by atoms with van der Waals surface area (Å²) in [4.78, 5) is 13.1. The summed E-state index contributed by atoms with van der Waals surface area (Å²) in [6.45, 7) is 5.82. The molecule has 0 bridgehead atoms. The van der Waals surface area contributed by atoms with Crippen LogP contribution in [0, 0.1) is 5.92 Å². The summed E-state index contributed by atoms with van der Waals surface area (Å²) in [7, 11) is 3.45. The third-order valence-electron chi connectivity index (χ3n) is 1.79. The molecule has 1 unspecified atom stereocenters. The molecule has 3 nitrogen and oxygen atoms in total. The SMILES string of the molecule is CCCN(C)CC(C)C(=O)OC. The number of carbonyl (C=O) groups is 1. The third kappa shape index (κ3) is 4.34. The number of hydrogen-bond acceptors (Lipinski definition) is 3. The highest BCUT2D eigenvalue weighted by Gasteiger charge is 2.14. The van der Waals surface area contributed by atoms with Crippen molar-refractivity contribution < 1.29 is 9.53 Å². The Morgan fingerprint density at radius 1 is 1.58 bits per heavy atom. The molecule has 1 atom stereocenters. The largest absolute Gasteiger partial charge is 0.469 e. The first-order valence-electron chi connectivity index (χ1n) is 4.38. The zero-order valence-corrected chi connectivity index (χ0v) is 8.46. The van der Waals surface area contributed by atoms with Crippen LogP contribution in [-0.2, 0) is 9.53 Å². The Hall–Kier alpha value is -0.570. The second-order valence-electron chi connectivity index (χ2n) is 3.19. The Morgan fingerprint density at radius 3 is 2.58 bits per heavy atom. The predicted octanol–water partition coefficient (Wildman–Crippen LogP) is 1.14. The van der Waals surface area contributed by atoms with Crippen molar-refractivity contribution in [2.75, 3.05) is 27.2 Å². The fraction of sp³-hybridized carbons (Fsp3) is 0.889. The van der Waals surface area contributed by atoms with E-state index in [4.69, 9.17) is 0 Å². The van der Waals surface area contributed by atoms with Gasteiger partial charge in [-0.25, -0.2) is 0 Å². The average Bonchev–Trinajstić information content (AvgIpc) is 2.03. The van der Waals surface area contributed by atoms with Gasteiger partial charge in [0.15, 0.2) is 0 Å². The van der Waals surface area contributed by atoms with Crippen molar-refractivity contribution in [1.82, 2.24) is 4.90 Å². The molecule has 0 heterocycles. The van der Waals surface area contributed by atoms with E-state index in [0.29, 0.717) is 0 Å². The molecule has 0 fully saturated rings. The van der Waals surface area contributed by atoms with Crippen molar-refractivity contribution in [2.24, 2.45) is 5.92 Å². The lowest BCUT2D eigenvalue weighted by atomic mass is 10.2. The van der Waals surface area contributed by atoms with Gasteiger partial charge in [0.2, 0.25) is 0 Å². The minimum Gasteiger partial charge on any atom is -0.469 e. The van der Waals surface area contributed by atoms with E-state index in [9.17, 15) is 4.79 Å². The predicted molar refractivity (Wildman–Crippen MR) is 49.0 cm³/mol. The normalized spacial score (nSPS) is 13.1. The van der Waals surface area contributed by atoms with Crippen LogP contribution in [0.1, 0.15) is 20.3 Å². The number of esters is 1. The van der Waals surface area contributed by atoms with E-state index in [1.165, 1.54) is 7.11 Å². The Labute approximate surface area is 74.7 Å². The Kier molecular flexibility index (Phi) is 5.72. The lowest BCUT2D eigenvalue weighted by molar-refractivity contribution is -0.145. The molecule has 0 N–H and O–H groups in total. The maximum atomic E-state index is 11.0. The summed E-state index contributed by atoms with van der Waals surface area (Å²) in [6.07, 6.45) is 1.12. The molecular formula is C9H19NO2. The Morgan fingerprint density at radius 2 is 2.17 bits per heavy atom. The molecule has 0 rings (SSSR count). The molecule has 0 aliphatic rings. The number of nitrogens with zero attached hydrogens (tertiary/aromatic N) is 1. The second kappa shape index (κ2) is 6.00. The van der Waals surface area contributed by atoms with Crippen LogP contribution in [0.3, 0.4) is 0 Å². The van der Waals surface area contributed by atoms with E-state index in [1.807, 2.05) is 14.0 Å². The van der Waals surface area contributed by atoms with E-state index in [-0.39, 0.29) is 11.9 Å². The molecule has 0 saturated carbocycles. The van der Waals surface area contributed by atoms with Crippen LogP contribution in [0.25, 0.3) is 0 Å². The highest BCUT2D eigenvalue weighted by atomic mass is 16.5. The average molecular weight is 173 g/mol. The van der Waals surface area contributed by atoms with E-state index in [2.05, 4.69) is 16.6 Å². The highest BCUT2D eigenvalue weighted by molar-refractivity contribution is 5.71. The van der Waals surface area contributed by atoms with Gasteiger partial charge in [-0.3, -0.25) is 4.79 Å². The number of hydrogen-bond donors (Lipinski definition) is 0. The standard InChI is InChI=1S/C9H19NO2/c1-5-6-10(3)7-8(2)9(11)12-4/h8H,5-7H2,1-4H3. The topological polar surface area (TPSA) is 29.5 Å². The lowest BCUT2D eigenvalue weighted by Gasteiger charge is -2.18. The van der Waals surface area contributed by atoms with Gasteiger partial charge in [0.25, 0.3) is 0 Å². The molecule has 0 radical (unpaired) electrons. The molecule has 72 valence electrons. The minimum absolute atomic E-state index is 0.0217. The molecule has 0 amide bonds. The van der Waals surface area contributed by atoms with E-state index < -0.39 is 0 Å². The van der Waals surface area contributed by atoms with Gasteiger partial charge < -0.3 is 9.64 Å². The van der Waals surface area contributed by atoms with Crippen LogP contribution >= 0.6 is 0 Å². The monoisotopic (exact) mass is 173 g/mol. The first-order valence-corrected chi connectivity index (χ1v) is 4.38. The van der Waals surface area contributed by atoms with Gasteiger partial charge in [0.05, 0.1) is 13.0 Å². The Bertz CT molecular complexity index is 136. The zero-order valence-electron chi connectivity index (χ0n) is 8.46. The van der Waals surface area contributed by atoms with Crippen molar-refractivity contribution >= 4 is 5.97 Å². The van der Waals surface area contributed by atoms with Crippen molar-refractivity contribution in [3.05, 3.63) is 0 Å². The van der Waals surface area contributed by atoms with Crippen molar-refractivity contribution in [3.8, 4) is 0 Å². The van der Waals surface area contributed by atoms with Crippen molar-refractivity contribution in [1.29, 1.82) is 0 Å². The second-order valence-corrected chi connectivity index (χ2v) is 3.19. The molecule has 0 aliphatic heterocycles. The number of carbonyl (C=O) groups excluding carboxylic acids is 1. The van der Waals surface area contributed by atoms with Gasteiger partial charge in [0.1, 0.15) is 0 Å². The van der Waals surface area contributed by atoms with Crippen LogP contribution in [0.15, 0.2) is 0 Å². The van der Waals surface area contributed by atoms with Gasteiger partial charge in [-0.05, 0) is 20.0 Å².